The smallest absolute Gasteiger partial charge is 0.255 e. The molecule has 0 fully saturated rings. The van der Waals surface area contributed by atoms with E-state index < -0.39 is 17.4 Å². The number of rotatable bonds is 5. The molecular formula is C25H21ClN4O4. The second-order valence-corrected chi connectivity index (χ2v) is 8.03. The minimum atomic E-state index is -1.03. The van der Waals surface area contributed by atoms with Crippen molar-refractivity contribution in [1.82, 2.24) is 4.98 Å². The molecule has 3 aromatic rings. The molecule has 4 rings (SSSR count). The van der Waals surface area contributed by atoms with Gasteiger partial charge in [0.1, 0.15) is 23.2 Å². The molecule has 1 aliphatic heterocycles. The molecule has 1 aromatic heterocycles. The Morgan fingerprint density at radius 1 is 1.26 bits per heavy atom. The van der Waals surface area contributed by atoms with Gasteiger partial charge >= 0.3 is 0 Å². The topological polar surface area (TPSA) is 130 Å². The number of halogens is 1. The van der Waals surface area contributed by atoms with E-state index in [1.807, 2.05) is 13.0 Å². The summed E-state index contributed by atoms with van der Waals surface area (Å²) < 4.78 is 11.1. The zero-order valence-corrected chi connectivity index (χ0v) is 19.2. The van der Waals surface area contributed by atoms with Crippen molar-refractivity contribution in [3.63, 3.8) is 0 Å². The number of carbonyl (C=O) groups is 1. The van der Waals surface area contributed by atoms with E-state index >= 15 is 0 Å². The number of aromatic amines is 1. The number of nitrogens with one attached hydrogen (secondary N) is 2. The average Bonchev–Trinajstić information content (AvgIpc) is 2.80. The summed E-state index contributed by atoms with van der Waals surface area (Å²) in [5.41, 5.74) is 6.88. The molecule has 1 unspecified atom stereocenters. The number of pyridine rings is 1. The van der Waals surface area contributed by atoms with Crippen LogP contribution in [-0.4, -0.2) is 17.5 Å². The molecule has 0 spiro atoms. The highest BCUT2D eigenvalue weighted by Gasteiger charge is 2.37. The predicted octanol–water partition coefficient (Wildman–Crippen LogP) is 4.30. The second-order valence-electron chi connectivity index (χ2n) is 7.59. The van der Waals surface area contributed by atoms with Crippen LogP contribution >= 0.6 is 11.6 Å². The Hall–Kier alpha value is -4.22. The number of H-pyrrole nitrogens is 1. The van der Waals surface area contributed by atoms with Gasteiger partial charge in [-0.2, -0.15) is 5.26 Å². The lowest BCUT2D eigenvalue weighted by atomic mass is 9.82. The van der Waals surface area contributed by atoms with E-state index in [9.17, 15) is 14.9 Å². The summed E-state index contributed by atoms with van der Waals surface area (Å²) in [6.07, 6.45) is 0. The Morgan fingerprint density at radius 3 is 2.68 bits per heavy atom. The van der Waals surface area contributed by atoms with Crippen molar-refractivity contribution in [1.29, 1.82) is 5.26 Å². The number of hydrogen-bond acceptors (Lipinski definition) is 6. The van der Waals surface area contributed by atoms with Gasteiger partial charge in [-0.25, -0.2) is 0 Å². The van der Waals surface area contributed by atoms with Crippen molar-refractivity contribution < 1.29 is 14.3 Å². The molecule has 4 N–H and O–H groups in total. The molecule has 0 radical (unpaired) electrons. The van der Waals surface area contributed by atoms with E-state index in [0.717, 1.165) is 0 Å². The van der Waals surface area contributed by atoms with Crippen LogP contribution in [0.1, 0.15) is 25.3 Å². The summed E-state index contributed by atoms with van der Waals surface area (Å²) in [4.78, 5) is 29.3. The fourth-order valence-electron chi connectivity index (χ4n) is 3.89. The Balaban J connectivity index is 1.85. The van der Waals surface area contributed by atoms with E-state index in [4.69, 9.17) is 26.8 Å². The Morgan fingerprint density at radius 2 is 2.00 bits per heavy atom. The van der Waals surface area contributed by atoms with E-state index in [1.165, 1.54) is 0 Å². The lowest BCUT2D eigenvalue weighted by Gasteiger charge is -2.27. The summed E-state index contributed by atoms with van der Waals surface area (Å²) >= 11 is 5.93. The number of fused-ring (bicyclic) bond motifs is 1. The third kappa shape index (κ3) is 4.34. The van der Waals surface area contributed by atoms with E-state index in [0.29, 0.717) is 34.0 Å². The number of anilines is 1. The maximum atomic E-state index is 13.3. The largest absolute Gasteiger partial charge is 0.494 e. The average molecular weight is 477 g/mol. The minimum Gasteiger partial charge on any atom is -0.494 e. The number of hydrogen-bond donors (Lipinski definition) is 3. The fourth-order valence-corrected chi connectivity index (χ4v) is 4.02. The highest BCUT2D eigenvalue weighted by molar-refractivity contribution is 6.30. The van der Waals surface area contributed by atoms with Crippen molar-refractivity contribution in [2.24, 2.45) is 5.73 Å². The summed E-state index contributed by atoms with van der Waals surface area (Å²) in [6, 6.07) is 15.5. The molecule has 1 aliphatic rings. The van der Waals surface area contributed by atoms with Crippen molar-refractivity contribution in [3.8, 4) is 11.8 Å². The van der Waals surface area contributed by atoms with E-state index in [2.05, 4.69) is 10.3 Å². The number of benzene rings is 2. The number of allylic oxidation sites excluding steroid dienone is 2. The van der Waals surface area contributed by atoms with Gasteiger partial charge in [-0.15, -0.1) is 0 Å². The van der Waals surface area contributed by atoms with Gasteiger partial charge < -0.3 is 25.5 Å². The third-order valence-corrected chi connectivity index (χ3v) is 5.67. The van der Waals surface area contributed by atoms with Gasteiger partial charge in [0.05, 0.1) is 18.1 Å². The third-order valence-electron chi connectivity index (χ3n) is 5.42. The van der Waals surface area contributed by atoms with Gasteiger partial charge in [-0.3, -0.25) is 9.59 Å². The van der Waals surface area contributed by atoms with Crippen molar-refractivity contribution in [2.75, 3.05) is 11.9 Å². The first-order valence-electron chi connectivity index (χ1n) is 10.5. The molecule has 2 aromatic carbocycles. The maximum absolute atomic E-state index is 13.3. The number of nitriles is 1. The number of ether oxygens (including phenoxy) is 2. The fraction of sp³-hybridized carbons (Fsp3) is 0.160. The molecule has 172 valence electrons. The predicted molar refractivity (Wildman–Crippen MR) is 129 cm³/mol. The lowest BCUT2D eigenvalue weighted by Crippen LogP contribution is -2.30. The van der Waals surface area contributed by atoms with E-state index in [-0.39, 0.29) is 28.4 Å². The Kier molecular flexibility index (Phi) is 6.30. The van der Waals surface area contributed by atoms with Crippen LogP contribution in [0.4, 0.5) is 5.69 Å². The van der Waals surface area contributed by atoms with Gasteiger partial charge in [0.2, 0.25) is 5.88 Å². The lowest BCUT2D eigenvalue weighted by molar-refractivity contribution is -0.113. The van der Waals surface area contributed by atoms with Crippen molar-refractivity contribution in [3.05, 3.63) is 92.3 Å². The summed E-state index contributed by atoms with van der Waals surface area (Å²) in [7, 11) is 0. The number of nitrogens with zero attached hydrogens (tertiary/aromatic N) is 1. The first-order chi connectivity index (χ1) is 16.3. The van der Waals surface area contributed by atoms with Gasteiger partial charge in [0, 0.05) is 27.2 Å². The molecule has 2 heterocycles. The number of aromatic nitrogens is 1. The summed E-state index contributed by atoms with van der Waals surface area (Å²) in [6.45, 7) is 3.92. The summed E-state index contributed by atoms with van der Waals surface area (Å²) in [5, 5.41) is 13.8. The summed E-state index contributed by atoms with van der Waals surface area (Å²) in [5.74, 6) is -0.906. The second kappa shape index (κ2) is 9.33. The van der Waals surface area contributed by atoms with Crippen LogP contribution in [0.15, 0.2) is 76.1 Å². The van der Waals surface area contributed by atoms with Crippen LogP contribution in [0, 0.1) is 11.3 Å². The first-order valence-corrected chi connectivity index (χ1v) is 10.8. The Labute approximate surface area is 200 Å². The molecule has 0 saturated carbocycles. The molecule has 34 heavy (non-hydrogen) atoms. The zero-order valence-electron chi connectivity index (χ0n) is 18.4. The SMILES string of the molecule is CCOc1ccc2[nH]c(=O)c(C3C(C#N)=C(N)OC(C)=C3C(=O)Nc3ccc(Cl)cc3)cc2c1. The number of amides is 1. The van der Waals surface area contributed by atoms with Gasteiger partial charge in [0.25, 0.3) is 11.5 Å². The number of carbonyl (C=O) groups excluding carboxylic acids is 1. The Bertz CT molecular complexity index is 1450. The van der Waals surface area contributed by atoms with Crippen LogP contribution in [0.2, 0.25) is 5.02 Å². The number of nitrogens with two attached hydrogens (primary N) is 1. The molecule has 1 atom stereocenters. The standard InChI is InChI=1S/C25H21ClN4O4/c1-3-33-17-8-9-20-14(10-17)11-18(24(31)30-20)22-19(12-27)23(28)34-13(2)21(22)25(32)29-16-6-4-15(26)5-7-16/h4-11,22H,3,28H2,1-2H3,(H,29,32)(H,30,31). The minimum absolute atomic E-state index is 0.0299. The van der Waals surface area contributed by atoms with Crippen molar-refractivity contribution in [2.45, 2.75) is 19.8 Å². The van der Waals surface area contributed by atoms with Crippen LogP contribution in [0.5, 0.6) is 5.75 Å². The molecule has 0 bridgehead atoms. The quantitative estimate of drug-likeness (QED) is 0.503. The van der Waals surface area contributed by atoms with Crippen LogP contribution in [0.3, 0.4) is 0 Å². The molecule has 8 nitrogen and oxygen atoms in total. The van der Waals surface area contributed by atoms with Crippen LogP contribution in [-0.2, 0) is 9.53 Å². The molecular weight excluding hydrogens is 456 g/mol. The monoisotopic (exact) mass is 476 g/mol. The van der Waals surface area contributed by atoms with Crippen LogP contribution in [0.25, 0.3) is 10.9 Å². The molecule has 0 aliphatic carbocycles. The molecule has 1 amide bonds. The molecule has 0 saturated heterocycles. The zero-order chi connectivity index (χ0) is 24.4. The highest BCUT2D eigenvalue weighted by Crippen LogP contribution is 2.39. The van der Waals surface area contributed by atoms with Crippen molar-refractivity contribution >= 4 is 34.1 Å². The van der Waals surface area contributed by atoms with Gasteiger partial charge in [0.15, 0.2) is 0 Å². The van der Waals surface area contributed by atoms with Gasteiger partial charge in [-0.1, -0.05) is 11.6 Å². The highest BCUT2D eigenvalue weighted by atomic mass is 35.5. The normalized spacial score (nSPS) is 15.6. The maximum Gasteiger partial charge on any atom is 0.255 e. The van der Waals surface area contributed by atoms with Gasteiger partial charge in [-0.05, 0) is 62.4 Å². The molecule has 9 heteroatoms. The first kappa shape index (κ1) is 23.0. The van der Waals surface area contributed by atoms with Crippen LogP contribution < -0.4 is 21.3 Å². The van der Waals surface area contributed by atoms with E-state index in [1.54, 1.807) is 55.5 Å².